The van der Waals surface area contributed by atoms with Gasteiger partial charge in [-0.1, -0.05) is 12.8 Å². The molecule has 0 bridgehead atoms. The van der Waals surface area contributed by atoms with Gasteiger partial charge >= 0.3 is 0 Å². The van der Waals surface area contributed by atoms with Crippen molar-refractivity contribution in [3.63, 3.8) is 0 Å². The molecule has 2 fully saturated rings. The lowest BCUT2D eigenvalue weighted by Crippen LogP contribution is -2.18. The zero-order valence-electron chi connectivity index (χ0n) is 13.9. The Morgan fingerprint density at radius 2 is 1.79 bits per heavy atom. The van der Waals surface area contributed by atoms with E-state index in [0.717, 1.165) is 51.6 Å². The standard InChI is InChI=1S/C18H25NO4S/c20-18(12-9-15-4-3-13-23-15)19-14-7-10-17(11-8-14)24(21,22)16-5-1-2-6-16/h7-8,10-11,15-16H,1-6,9,12-13H2,(H,19,20). The fraction of sp³-hybridized carbons (Fsp3) is 0.611. The van der Waals surface area contributed by atoms with Crippen LogP contribution in [0.15, 0.2) is 29.2 Å². The predicted molar refractivity (Wildman–Crippen MR) is 92.7 cm³/mol. The van der Waals surface area contributed by atoms with E-state index in [0.29, 0.717) is 17.0 Å². The average Bonchev–Trinajstić information content (AvgIpc) is 3.27. The van der Waals surface area contributed by atoms with Crippen molar-refractivity contribution in [1.82, 2.24) is 0 Å². The third kappa shape index (κ3) is 4.16. The molecule has 1 unspecified atom stereocenters. The lowest BCUT2D eigenvalue weighted by Gasteiger charge is -2.12. The molecule has 1 aromatic rings. The van der Waals surface area contributed by atoms with Crippen LogP contribution in [0.4, 0.5) is 5.69 Å². The van der Waals surface area contributed by atoms with Crippen LogP contribution in [0, 0.1) is 0 Å². The number of ether oxygens (including phenoxy) is 1. The van der Waals surface area contributed by atoms with Gasteiger partial charge in [-0.3, -0.25) is 4.79 Å². The highest BCUT2D eigenvalue weighted by Crippen LogP contribution is 2.30. The maximum absolute atomic E-state index is 12.5. The van der Waals surface area contributed by atoms with Crippen LogP contribution in [0.3, 0.4) is 0 Å². The van der Waals surface area contributed by atoms with Gasteiger partial charge in [0.25, 0.3) is 0 Å². The first-order valence-corrected chi connectivity index (χ1v) is 10.4. The number of carbonyl (C=O) groups is 1. The molecule has 132 valence electrons. The minimum absolute atomic E-state index is 0.0584. The average molecular weight is 351 g/mol. The summed E-state index contributed by atoms with van der Waals surface area (Å²) in [5.74, 6) is -0.0584. The lowest BCUT2D eigenvalue weighted by molar-refractivity contribution is -0.116. The van der Waals surface area contributed by atoms with Crippen molar-refractivity contribution >= 4 is 21.4 Å². The molecule has 1 saturated carbocycles. The molecule has 1 amide bonds. The predicted octanol–water partition coefficient (Wildman–Crippen LogP) is 3.30. The fourth-order valence-corrected chi connectivity index (χ4v) is 5.36. The molecular formula is C18H25NO4S. The number of amides is 1. The van der Waals surface area contributed by atoms with Crippen molar-refractivity contribution in [3.8, 4) is 0 Å². The number of rotatable bonds is 6. The second-order valence-corrected chi connectivity index (χ2v) is 8.93. The first-order chi connectivity index (χ1) is 11.6. The molecule has 3 rings (SSSR count). The summed E-state index contributed by atoms with van der Waals surface area (Å²) in [6.45, 7) is 0.795. The van der Waals surface area contributed by atoms with Gasteiger partial charge in [-0.15, -0.1) is 0 Å². The summed E-state index contributed by atoms with van der Waals surface area (Å²) in [6.07, 6.45) is 6.95. The first kappa shape index (κ1) is 17.4. The number of nitrogens with one attached hydrogen (secondary N) is 1. The number of carbonyl (C=O) groups excluding carboxylic acids is 1. The van der Waals surface area contributed by atoms with E-state index < -0.39 is 9.84 Å². The highest BCUT2D eigenvalue weighted by atomic mass is 32.2. The monoisotopic (exact) mass is 351 g/mol. The topological polar surface area (TPSA) is 72.5 Å². The van der Waals surface area contributed by atoms with E-state index in [-0.39, 0.29) is 17.3 Å². The summed E-state index contributed by atoms with van der Waals surface area (Å²) in [6, 6.07) is 6.55. The Bertz CT molecular complexity index is 657. The van der Waals surface area contributed by atoms with Gasteiger partial charge in [-0.2, -0.15) is 0 Å². The van der Waals surface area contributed by atoms with E-state index in [4.69, 9.17) is 4.74 Å². The molecule has 0 aromatic heterocycles. The molecule has 1 N–H and O–H groups in total. The van der Waals surface area contributed by atoms with Gasteiger partial charge in [-0.05, 0) is 56.4 Å². The van der Waals surface area contributed by atoms with Crippen molar-refractivity contribution in [3.05, 3.63) is 24.3 Å². The number of hydrogen-bond acceptors (Lipinski definition) is 4. The van der Waals surface area contributed by atoms with Crippen molar-refractivity contribution in [2.45, 2.75) is 67.6 Å². The van der Waals surface area contributed by atoms with Crippen molar-refractivity contribution in [2.75, 3.05) is 11.9 Å². The number of hydrogen-bond donors (Lipinski definition) is 1. The SMILES string of the molecule is O=C(CCC1CCCO1)Nc1ccc(S(=O)(=O)C2CCCC2)cc1. The molecule has 1 aliphatic heterocycles. The highest BCUT2D eigenvalue weighted by molar-refractivity contribution is 7.92. The van der Waals surface area contributed by atoms with Crippen LogP contribution in [-0.2, 0) is 19.4 Å². The smallest absolute Gasteiger partial charge is 0.224 e. The maximum atomic E-state index is 12.5. The van der Waals surface area contributed by atoms with Gasteiger partial charge in [0, 0.05) is 18.7 Å². The minimum atomic E-state index is -3.23. The summed E-state index contributed by atoms with van der Waals surface area (Å²) in [4.78, 5) is 12.3. The van der Waals surface area contributed by atoms with Crippen LogP contribution < -0.4 is 5.32 Å². The van der Waals surface area contributed by atoms with Crippen LogP contribution in [0.25, 0.3) is 0 Å². The van der Waals surface area contributed by atoms with Gasteiger partial charge < -0.3 is 10.1 Å². The minimum Gasteiger partial charge on any atom is -0.378 e. The van der Waals surface area contributed by atoms with Crippen LogP contribution in [-0.4, -0.2) is 32.3 Å². The van der Waals surface area contributed by atoms with Crippen molar-refractivity contribution in [2.24, 2.45) is 0 Å². The molecule has 1 heterocycles. The van der Waals surface area contributed by atoms with Gasteiger partial charge in [0.2, 0.25) is 5.91 Å². The molecule has 0 radical (unpaired) electrons. The van der Waals surface area contributed by atoms with E-state index in [9.17, 15) is 13.2 Å². The fourth-order valence-electron chi connectivity index (χ4n) is 3.51. The Morgan fingerprint density at radius 3 is 2.42 bits per heavy atom. The summed E-state index contributed by atoms with van der Waals surface area (Å²) in [5.41, 5.74) is 0.637. The van der Waals surface area contributed by atoms with E-state index in [2.05, 4.69) is 5.32 Å². The molecule has 6 heteroatoms. The largest absolute Gasteiger partial charge is 0.378 e. The highest BCUT2D eigenvalue weighted by Gasteiger charge is 2.30. The van der Waals surface area contributed by atoms with Gasteiger partial charge in [-0.25, -0.2) is 8.42 Å². The van der Waals surface area contributed by atoms with Crippen LogP contribution in [0.1, 0.15) is 51.4 Å². The Morgan fingerprint density at radius 1 is 1.08 bits per heavy atom. The molecule has 1 aromatic carbocycles. The molecule has 1 saturated heterocycles. The molecular weight excluding hydrogens is 326 g/mol. The first-order valence-electron chi connectivity index (χ1n) is 8.81. The van der Waals surface area contributed by atoms with E-state index in [1.807, 2.05) is 0 Å². The number of benzene rings is 1. The summed E-state index contributed by atoms with van der Waals surface area (Å²) in [5, 5.41) is 2.58. The van der Waals surface area contributed by atoms with Gasteiger partial charge in [0.15, 0.2) is 9.84 Å². The third-order valence-corrected chi connectivity index (χ3v) is 7.20. The van der Waals surface area contributed by atoms with E-state index in [1.165, 1.54) is 0 Å². The Hall–Kier alpha value is -1.40. The molecule has 24 heavy (non-hydrogen) atoms. The quantitative estimate of drug-likeness (QED) is 0.853. The van der Waals surface area contributed by atoms with Crippen LogP contribution >= 0.6 is 0 Å². The molecule has 0 spiro atoms. The van der Waals surface area contributed by atoms with E-state index >= 15 is 0 Å². The second-order valence-electron chi connectivity index (χ2n) is 6.70. The van der Waals surface area contributed by atoms with Gasteiger partial charge in [0.1, 0.15) is 0 Å². The lowest BCUT2D eigenvalue weighted by atomic mass is 10.1. The third-order valence-electron chi connectivity index (χ3n) is 4.93. The normalized spacial score (nSPS) is 21.9. The summed E-state index contributed by atoms with van der Waals surface area (Å²) >= 11 is 0. The zero-order valence-corrected chi connectivity index (χ0v) is 14.7. The van der Waals surface area contributed by atoms with Crippen molar-refractivity contribution < 1.29 is 17.9 Å². The number of sulfone groups is 1. The summed E-state index contributed by atoms with van der Waals surface area (Å²) in [7, 11) is -3.23. The Kier molecular flexibility index (Phi) is 5.56. The molecule has 5 nitrogen and oxygen atoms in total. The second kappa shape index (κ2) is 7.66. The van der Waals surface area contributed by atoms with E-state index in [1.54, 1.807) is 24.3 Å². The van der Waals surface area contributed by atoms with Crippen molar-refractivity contribution in [1.29, 1.82) is 0 Å². The maximum Gasteiger partial charge on any atom is 0.224 e. The Labute approximate surface area is 143 Å². The zero-order chi connectivity index (χ0) is 17.0. The molecule has 2 aliphatic rings. The molecule has 1 aliphatic carbocycles. The summed E-state index contributed by atoms with van der Waals surface area (Å²) < 4.78 is 30.5. The Balaban J connectivity index is 1.55. The van der Waals surface area contributed by atoms with Crippen LogP contribution in [0.2, 0.25) is 0 Å². The van der Waals surface area contributed by atoms with Crippen LogP contribution in [0.5, 0.6) is 0 Å². The molecule has 1 atom stereocenters. The number of anilines is 1. The van der Waals surface area contributed by atoms with Gasteiger partial charge in [0.05, 0.1) is 16.2 Å².